The zero-order valence-electron chi connectivity index (χ0n) is 13.7. The molecule has 1 aliphatic rings. The van der Waals surface area contributed by atoms with Crippen LogP contribution in [0, 0.1) is 12.7 Å². The van der Waals surface area contributed by atoms with E-state index in [0.29, 0.717) is 11.7 Å². The zero-order chi connectivity index (χ0) is 17.1. The summed E-state index contributed by atoms with van der Waals surface area (Å²) in [5, 5.41) is 0. The molecule has 0 amide bonds. The number of benzene rings is 2. The maximum Gasteiger partial charge on any atom is 0.513 e. The molecule has 5 heteroatoms. The fraction of sp³-hybridized carbons (Fsp3) is 0.316. The van der Waals surface area contributed by atoms with Gasteiger partial charge in [0.15, 0.2) is 11.6 Å². The lowest BCUT2D eigenvalue weighted by atomic mass is 10.0. The third-order valence-electron chi connectivity index (χ3n) is 4.01. The second-order valence-electron chi connectivity index (χ2n) is 5.88. The van der Waals surface area contributed by atoms with E-state index in [1.165, 1.54) is 13.2 Å². The zero-order valence-corrected chi connectivity index (χ0v) is 13.7. The van der Waals surface area contributed by atoms with Crippen LogP contribution in [0.1, 0.15) is 35.4 Å². The molecular formula is C19H19FO4. The Morgan fingerprint density at radius 2 is 2.00 bits per heavy atom. The molecule has 0 unspecified atom stereocenters. The largest absolute Gasteiger partial charge is 0.513 e. The topological polar surface area (TPSA) is 44.8 Å². The molecule has 1 aliphatic carbocycles. The van der Waals surface area contributed by atoms with E-state index in [0.717, 1.165) is 29.5 Å². The van der Waals surface area contributed by atoms with Crippen molar-refractivity contribution in [3.05, 3.63) is 58.9 Å². The minimum absolute atomic E-state index is 0.124. The molecule has 126 valence electrons. The molecule has 0 aromatic heterocycles. The van der Waals surface area contributed by atoms with Gasteiger partial charge in [0, 0.05) is 5.56 Å². The fourth-order valence-electron chi connectivity index (χ4n) is 2.61. The lowest BCUT2D eigenvalue weighted by Gasteiger charge is -2.15. The highest BCUT2D eigenvalue weighted by molar-refractivity contribution is 5.65. The molecule has 0 atom stereocenters. The average Bonchev–Trinajstić information content (AvgIpc) is 3.39. The number of rotatable bonds is 5. The summed E-state index contributed by atoms with van der Waals surface area (Å²) >= 11 is 0. The average molecular weight is 330 g/mol. The van der Waals surface area contributed by atoms with Gasteiger partial charge >= 0.3 is 6.16 Å². The van der Waals surface area contributed by atoms with Gasteiger partial charge in [0.25, 0.3) is 0 Å². The molecule has 0 N–H and O–H groups in total. The van der Waals surface area contributed by atoms with Crippen LogP contribution in [0.2, 0.25) is 0 Å². The predicted molar refractivity (Wildman–Crippen MR) is 86.9 cm³/mol. The quantitative estimate of drug-likeness (QED) is 0.587. The van der Waals surface area contributed by atoms with Gasteiger partial charge in [-0.3, -0.25) is 0 Å². The number of carbonyl (C=O) groups is 1. The smallest absolute Gasteiger partial charge is 0.486 e. The molecule has 1 fully saturated rings. The van der Waals surface area contributed by atoms with Crippen molar-refractivity contribution < 1.29 is 23.4 Å². The van der Waals surface area contributed by atoms with Crippen LogP contribution < -0.4 is 9.47 Å². The molecule has 1 saturated carbocycles. The van der Waals surface area contributed by atoms with E-state index in [1.54, 1.807) is 18.2 Å². The lowest BCUT2D eigenvalue weighted by Crippen LogP contribution is -2.11. The second-order valence-corrected chi connectivity index (χ2v) is 5.88. The summed E-state index contributed by atoms with van der Waals surface area (Å²) < 4.78 is 29.4. The molecule has 2 aromatic carbocycles. The maximum absolute atomic E-state index is 14.0. The van der Waals surface area contributed by atoms with Gasteiger partial charge in [-0.05, 0) is 55.0 Å². The summed E-state index contributed by atoms with van der Waals surface area (Å²) in [6, 6.07) is 10.3. The van der Waals surface area contributed by atoms with Gasteiger partial charge in [-0.15, -0.1) is 0 Å². The molecule has 4 nitrogen and oxygen atoms in total. The van der Waals surface area contributed by atoms with E-state index in [1.807, 2.05) is 19.1 Å². The summed E-state index contributed by atoms with van der Waals surface area (Å²) in [4.78, 5) is 11.5. The fourth-order valence-corrected chi connectivity index (χ4v) is 2.61. The van der Waals surface area contributed by atoms with Gasteiger partial charge in [0.1, 0.15) is 12.4 Å². The number of hydrogen-bond donors (Lipinski definition) is 0. The van der Waals surface area contributed by atoms with Crippen LogP contribution in [-0.4, -0.2) is 13.3 Å². The first-order valence-corrected chi connectivity index (χ1v) is 7.85. The van der Waals surface area contributed by atoms with E-state index in [9.17, 15) is 9.18 Å². The van der Waals surface area contributed by atoms with Crippen molar-refractivity contribution in [2.24, 2.45) is 0 Å². The van der Waals surface area contributed by atoms with Crippen molar-refractivity contribution in [2.45, 2.75) is 32.3 Å². The standard InChI is InChI=1S/C19H19FO4/c1-12-6-9-18(16(20)10-12)23-11-15-14(13-7-8-13)4-3-5-17(15)24-19(21)22-2/h3-6,9-10,13H,7-8,11H2,1-2H3. The van der Waals surface area contributed by atoms with Crippen molar-refractivity contribution in [2.75, 3.05) is 7.11 Å². The number of aryl methyl sites for hydroxylation is 1. The lowest BCUT2D eigenvalue weighted by molar-refractivity contribution is 0.120. The van der Waals surface area contributed by atoms with Gasteiger partial charge in [0.05, 0.1) is 7.11 Å². The van der Waals surface area contributed by atoms with Crippen LogP contribution in [-0.2, 0) is 11.3 Å². The summed E-state index contributed by atoms with van der Waals surface area (Å²) in [5.74, 6) is 0.594. The van der Waals surface area contributed by atoms with Gasteiger partial charge < -0.3 is 14.2 Å². The monoisotopic (exact) mass is 330 g/mol. The second kappa shape index (κ2) is 6.91. The number of hydrogen-bond acceptors (Lipinski definition) is 4. The molecule has 0 heterocycles. The van der Waals surface area contributed by atoms with E-state index >= 15 is 0 Å². The van der Waals surface area contributed by atoms with Crippen LogP contribution in [0.15, 0.2) is 36.4 Å². The number of ether oxygens (including phenoxy) is 3. The Morgan fingerprint density at radius 3 is 2.67 bits per heavy atom. The van der Waals surface area contributed by atoms with E-state index in [2.05, 4.69) is 4.74 Å². The molecule has 2 aromatic rings. The van der Waals surface area contributed by atoms with Gasteiger partial charge in [-0.2, -0.15) is 0 Å². The van der Waals surface area contributed by atoms with Crippen LogP contribution in [0.5, 0.6) is 11.5 Å². The number of carbonyl (C=O) groups excluding carboxylic acids is 1. The Labute approximate surface area is 140 Å². The van der Waals surface area contributed by atoms with Crippen molar-refractivity contribution in [1.29, 1.82) is 0 Å². The molecular weight excluding hydrogens is 311 g/mol. The molecule has 0 bridgehead atoms. The first-order chi connectivity index (χ1) is 11.6. The Kier molecular flexibility index (Phi) is 4.69. The molecule has 24 heavy (non-hydrogen) atoms. The SMILES string of the molecule is COC(=O)Oc1cccc(C2CC2)c1COc1ccc(C)cc1F. The molecule has 0 saturated heterocycles. The van der Waals surface area contributed by atoms with Crippen LogP contribution in [0.4, 0.5) is 9.18 Å². The first kappa shape index (κ1) is 16.3. The summed E-state index contributed by atoms with van der Waals surface area (Å²) in [7, 11) is 1.25. The Balaban J connectivity index is 1.85. The van der Waals surface area contributed by atoms with Crippen LogP contribution in [0.3, 0.4) is 0 Å². The summed E-state index contributed by atoms with van der Waals surface area (Å²) in [6.07, 6.45) is 1.40. The molecule has 0 radical (unpaired) electrons. The van der Waals surface area contributed by atoms with Crippen molar-refractivity contribution in [1.82, 2.24) is 0 Å². The minimum Gasteiger partial charge on any atom is -0.486 e. The Bertz CT molecular complexity index is 753. The highest BCUT2D eigenvalue weighted by atomic mass is 19.1. The van der Waals surface area contributed by atoms with Crippen LogP contribution in [0.25, 0.3) is 0 Å². The highest BCUT2D eigenvalue weighted by Crippen LogP contribution is 2.44. The van der Waals surface area contributed by atoms with Crippen LogP contribution >= 0.6 is 0 Å². The van der Waals surface area contributed by atoms with E-state index < -0.39 is 12.0 Å². The van der Waals surface area contributed by atoms with E-state index in [-0.39, 0.29) is 12.4 Å². The van der Waals surface area contributed by atoms with E-state index in [4.69, 9.17) is 9.47 Å². The Hall–Kier alpha value is -2.56. The molecule has 0 aliphatic heterocycles. The normalized spacial score (nSPS) is 13.5. The van der Waals surface area contributed by atoms with Crippen molar-refractivity contribution in [3.8, 4) is 11.5 Å². The first-order valence-electron chi connectivity index (χ1n) is 7.85. The summed E-state index contributed by atoms with van der Waals surface area (Å²) in [5.41, 5.74) is 2.65. The number of halogens is 1. The predicted octanol–water partition coefficient (Wildman–Crippen LogP) is 4.74. The number of methoxy groups -OCH3 is 1. The maximum atomic E-state index is 14.0. The third-order valence-corrected chi connectivity index (χ3v) is 4.01. The van der Waals surface area contributed by atoms with Gasteiger partial charge in [0.2, 0.25) is 0 Å². The molecule has 3 rings (SSSR count). The molecule has 0 spiro atoms. The Morgan fingerprint density at radius 1 is 1.21 bits per heavy atom. The van der Waals surface area contributed by atoms with Gasteiger partial charge in [-0.25, -0.2) is 9.18 Å². The summed E-state index contributed by atoms with van der Waals surface area (Å²) in [6.45, 7) is 1.94. The third kappa shape index (κ3) is 3.67. The van der Waals surface area contributed by atoms with Crippen molar-refractivity contribution >= 4 is 6.16 Å². The van der Waals surface area contributed by atoms with Gasteiger partial charge in [-0.1, -0.05) is 18.2 Å². The van der Waals surface area contributed by atoms with Crippen molar-refractivity contribution in [3.63, 3.8) is 0 Å². The minimum atomic E-state index is -0.786. The highest BCUT2D eigenvalue weighted by Gasteiger charge is 2.28.